The number of nitrogens with zero attached hydrogens (tertiary/aromatic N) is 3. The van der Waals surface area contributed by atoms with Crippen LogP contribution in [0.25, 0.3) is 0 Å². The number of aliphatic hydroxyl groups excluding tert-OH is 1. The Morgan fingerprint density at radius 1 is 1.27 bits per heavy atom. The van der Waals surface area contributed by atoms with Gasteiger partial charge in [-0.1, -0.05) is 30.3 Å². The molecule has 1 saturated carbocycles. The molecule has 0 saturated heterocycles. The summed E-state index contributed by atoms with van der Waals surface area (Å²) in [5.41, 5.74) is 2.59. The van der Waals surface area contributed by atoms with E-state index in [2.05, 4.69) is 32.6 Å². The van der Waals surface area contributed by atoms with E-state index < -0.39 is 12.3 Å². The number of carbonyl (C=O) groups excluding carboxylic acids is 1. The second-order valence-corrected chi connectivity index (χ2v) is 7.81. The summed E-state index contributed by atoms with van der Waals surface area (Å²) < 4.78 is 5.74. The minimum absolute atomic E-state index is 0.0684. The van der Waals surface area contributed by atoms with Crippen molar-refractivity contribution in [2.24, 2.45) is 0 Å². The maximum Gasteiger partial charge on any atom is 0.248 e. The monoisotopic (exact) mass is 405 g/mol. The van der Waals surface area contributed by atoms with E-state index in [0.717, 1.165) is 18.5 Å². The van der Waals surface area contributed by atoms with Crippen LogP contribution in [-0.2, 0) is 10.2 Å². The SMILES string of the molecule is CN1C(=O)[C@@H](NC(O)c2cc(C3(c4ccccc4)CC3)[nH]n2)COc2cccnc21. The minimum atomic E-state index is -1.11. The van der Waals surface area contributed by atoms with Gasteiger partial charge in [0.15, 0.2) is 17.8 Å². The highest BCUT2D eigenvalue weighted by Gasteiger charge is 2.47. The van der Waals surface area contributed by atoms with Crippen LogP contribution < -0.4 is 15.0 Å². The highest BCUT2D eigenvalue weighted by molar-refractivity contribution is 5.97. The number of benzene rings is 1. The van der Waals surface area contributed by atoms with Gasteiger partial charge in [0, 0.05) is 24.4 Å². The van der Waals surface area contributed by atoms with E-state index >= 15 is 0 Å². The lowest BCUT2D eigenvalue weighted by Gasteiger charge is -2.21. The molecule has 2 aliphatic rings. The summed E-state index contributed by atoms with van der Waals surface area (Å²) in [4.78, 5) is 18.5. The molecular weight excluding hydrogens is 382 g/mol. The normalized spacial score (nSPS) is 20.8. The van der Waals surface area contributed by atoms with Crippen molar-refractivity contribution in [3.8, 4) is 5.75 Å². The summed E-state index contributed by atoms with van der Waals surface area (Å²) in [6.45, 7) is 0.0875. The fourth-order valence-corrected chi connectivity index (χ4v) is 4.04. The number of rotatable bonds is 5. The molecule has 1 unspecified atom stereocenters. The molecule has 2 atom stereocenters. The van der Waals surface area contributed by atoms with Gasteiger partial charge in [0.1, 0.15) is 18.3 Å². The number of carbonyl (C=O) groups is 1. The number of hydrogen-bond donors (Lipinski definition) is 3. The van der Waals surface area contributed by atoms with Gasteiger partial charge < -0.3 is 9.84 Å². The van der Waals surface area contributed by atoms with Crippen molar-refractivity contribution in [1.29, 1.82) is 0 Å². The molecule has 1 aliphatic heterocycles. The van der Waals surface area contributed by atoms with Crippen LogP contribution in [0.3, 0.4) is 0 Å². The number of amides is 1. The van der Waals surface area contributed by atoms with Crippen LogP contribution in [0.2, 0.25) is 0 Å². The summed E-state index contributed by atoms with van der Waals surface area (Å²) in [7, 11) is 1.65. The van der Waals surface area contributed by atoms with E-state index in [9.17, 15) is 9.90 Å². The number of likely N-dealkylation sites (N-methyl/N-ethyl adjacent to an activating group) is 1. The summed E-state index contributed by atoms with van der Waals surface area (Å²) in [5, 5.41) is 21.1. The van der Waals surface area contributed by atoms with Crippen molar-refractivity contribution in [1.82, 2.24) is 20.5 Å². The molecule has 1 aromatic carbocycles. The predicted molar refractivity (Wildman–Crippen MR) is 110 cm³/mol. The zero-order valence-electron chi connectivity index (χ0n) is 16.6. The second-order valence-electron chi connectivity index (χ2n) is 7.81. The van der Waals surface area contributed by atoms with Gasteiger partial charge in [-0.25, -0.2) is 4.98 Å². The van der Waals surface area contributed by atoms with Crippen LogP contribution >= 0.6 is 0 Å². The van der Waals surface area contributed by atoms with Gasteiger partial charge in [-0.05, 0) is 36.6 Å². The van der Waals surface area contributed by atoms with Crippen molar-refractivity contribution in [2.45, 2.75) is 30.5 Å². The largest absolute Gasteiger partial charge is 0.488 e. The standard InChI is InChI=1S/C22H23N5O3/c1-27-19-17(8-5-11-23-19)30-13-16(21(27)29)24-20(28)15-12-18(26-25-15)22(9-10-22)14-6-3-2-4-7-14/h2-8,11-12,16,20,24,28H,9-10,13H2,1H3,(H,25,26)/t16-,20?/m0/s1. The Labute approximate surface area is 173 Å². The highest BCUT2D eigenvalue weighted by atomic mass is 16.5. The number of aromatic nitrogens is 3. The summed E-state index contributed by atoms with van der Waals surface area (Å²) in [6.07, 6.45) is 2.57. The van der Waals surface area contributed by atoms with E-state index in [-0.39, 0.29) is 17.9 Å². The fourth-order valence-electron chi connectivity index (χ4n) is 4.04. The number of aliphatic hydroxyl groups is 1. The summed E-state index contributed by atoms with van der Waals surface area (Å²) in [6, 6.07) is 15.0. The minimum Gasteiger partial charge on any atom is -0.488 e. The summed E-state index contributed by atoms with van der Waals surface area (Å²) >= 11 is 0. The van der Waals surface area contributed by atoms with Crippen LogP contribution in [0.15, 0.2) is 54.7 Å². The Kier molecular flexibility index (Phi) is 4.52. The first-order chi connectivity index (χ1) is 14.6. The predicted octanol–water partition coefficient (Wildman–Crippen LogP) is 1.89. The number of fused-ring (bicyclic) bond motifs is 1. The quantitative estimate of drug-likeness (QED) is 0.560. The molecular formula is C22H23N5O3. The van der Waals surface area contributed by atoms with Crippen molar-refractivity contribution >= 4 is 11.7 Å². The number of anilines is 1. The number of aromatic amines is 1. The molecule has 0 radical (unpaired) electrons. The van der Waals surface area contributed by atoms with Crippen molar-refractivity contribution < 1.29 is 14.6 Å². The first-order valence-corrected chi connectivity index (χ1v) is 9.99. The molecule has 8 heteroatoms. The van der Waals surface area contributed by atoms with Gasteiger partial charge >= 0.3 is 0 Å². The van der Waals surface area contributed by atoms with Crippen molar-refractivity contribution in [3.05, 3.63) is 71.7 Å². The zero-order valence-corrected chi connectivity index (χ0v) is 16.6. The van der Waals surface area contributed by atoms with E-state index in [1.807, 2.05) is 24.3 Å². The summed E-state index contributed by atoms with van der Waals surface area (Å²) in [5.74, 6) is 0.764. The molecule has 8 nitrogen and oxygen atoms in total. The highest BCUT2D eigenvalue weighted by Crippen LogP contribution is 2.52. The molecule has 30 heavy (non-hydrogen) atoms. The van der Waals surface area contributed by atoms with E-state index in [0.29, 0.717) is 17.3 Å². The maximum absolute atomic E-state index is 12.8. The van der Waals surface area contributed by atoms with Gasteiger partial charge in [-0.15, -0.1) is 0 Å². The molecule has 0 spiro atoms. The first-order valence-electron chi connectivity index (χ1n) is 9.99. The van der Waals surface area contributed by atoms with Crippen molar-refractivity contribution in [2.75, 3.05) is 18.6 Å². The lowest BCUT2D eigenvalue weighted by atomic mass is 9.92. The average Bonchev–Trinajstić information content (AvgIpc) is 3.47. The van der Waals surface area contributed by atoms with Gasteiger partial charge in [-0.2, -0.15) is 5.10 Å². The number of hydrogen-bond acceptors (Lipinski definition) is 6. The molecule has 1 aliphatic carbocycles. The van der Waals surface area contributed by atoms with Crippen LogP contribution in [0, 0.1) is 0 Å². The Hall–Kier alpha value is -3.23. The molecule has 1 amide bonds. The Morgan fingerprint density at radius 3 is 2.83 bits per heavy atom. The Balaban J connectivity index is 1.32. The number of H-pyrrole nitrogens is 1. The van der Waals surface area contributed by atoms with E-state index in [4.69, 9.17) is 4.74 Å². The molecule has 3 N–H and O–H groups in total. The Morgan fingerprint density at radius 2 is 2.07 bits per heavy atom. The van der Waals surface area contributed by atoms with Crippen LogP contribution in [-0.4, -0.2) is 45.9 Å². The molecule has 1 fully saturated rings. The molecule has 5 rings (SSSR count). The molecule has 3 heterocycles. The van der Waals surface area contributed by atoms with E-state index in [1.54, 1.807) is 25.4 Å². The first kappa shape index (κ1) is 18.8. The third-order valence-electron chi connectivity index (χ3n) is 5.93. The molecule has 154 valence electrons. The smallest absolute Gasteiger partial charge is 0.248 e. The van der Waals surface area contributed by atoms with Gasteiger partial charge in [0.05, 0.1) is 0 Å². The third kappa shape index (κ3) is 3.14. The van der Waals surface area contributed by atoms with Crippen LogP contribution in [0.1, 0.15) is 36.0 Å². The fraction of sp³-hybridized carbons (Fsp3) is 0.318. The number of ether oxygens (including phenoxy) is 1. The van der Waals surface area contributed by atoms with Gasteiger partial charge in [0.25, 0.3) is 0 Å². The van der Waals surface area contributed by atoms with E-state index in [1.165, 1.54) is 10.5 Å². The topological polar surface area (TPSA) is 103 Å². The maximum atomic E-state index is 12.8. The molecule has 0 bridgehead atoms. The van der Waals surface area contributed by atoms with Crippen LogP contribution in [0.5, 0.6) is 5.75 Å². The lowest BCUT2D eigenvalue weighted by Crippen LogP contribution is -2.48. The van der Waals surface area contributed by atoms with Crippen LogP contribution in [0.4, 0.5) is 5.82 Å². The lowest BCUT2D eigenvalue weighted by molar-refractivity contribution is -0.121. The average molecular weight is 405 g/mol. The number of pyridine rings is 1. The van der Waals surface area contributed by atoms with Crippen molar-refractivity contribution in [3.63, 3.8) is 0 Å². The Bertz CT molecular complexity index is 1060. The zero-order chi connectivity index (χ0) is 20.7. The number of nitrogens with one attached hydrogen (secondary N) is 2. The van der Waals surface area contributed by atoms with Gasteiger partial charge in [-0.3, -0.25) is 20.1 Å². The third-order valence-corrected chi connectivity index (χ3v) is 5.93. The molecule has 2 aromatic heterocycles. The molecule has 3 aromatic rings. The second kappa shape index (κ2) is 7.23. The van der Waals surface area contributed by atoms with Gasteiger partial charge in [0.2, 0.25) is 5.91 Å².